The first-order valence-electron chi connectivity index (χ1n) is 22.5. The van der Waals surface area contributed by atoms with Crippen LogP contribution in [0.25, 0.3) is 44.4 Å². The Labute approximate surface area is 363 Å². The number of nitrogens with zero attached hydrogens (tertiary/aromatic N) is 4. The van der Waals surface area contributed by atoms with E-state index in [0.29, 0.717) is 0 Å². The number of rotatable bonds is 12. The molecule has 0 bridgehead atoms. The van der Waals surface area contributed by atoms with E-state index in [1.54, 1.807) is 4.90 Å². The molecule has 3 aromatic carbocycles. The molecule has 3 saturated carbocycles. The van der Waals surface area contributed by atoms with Crippen molar-refractivity contribution in [1.29, 1.82) is 0 Å². The van der Waals surface area contributed by atoms with Crippen LogP contribution >= 0.6 is 0 Å². The molecule has 4 N–H and O–H groups in total. The van der Waals surface area contributed by atoms with Gasteiger partial charge in [0.1, 0.15) is 11.6 Å². The maximum Gasteiger partial charge on any atom is 0.425 e. The fourth-order valence-electron chi connectivity index (χ4n) is 9.43. The van der Waals surface area contributed by atoms with Crippen molar-refractivity contribution < 1.29 is 23.9 Å². The number of ether oxygens (including phenoxy) is 1. The van der Waals surface area contributed by atoms with Gasteiger partial charge in [0, 0.05) is 47.4 Å². The Morgan fingerprint density at radius 3 is 1.74 bits per heavy atom. The minimum absolute atomic E-state index is 0.0235. The zero-order valence-corrected chi connectivity index (χ0v) is 36.6. The number of carbonyl (C=O) groups excluding carboxylic acids is 4. The molecule has 3 aliphatic carbocycles. The van der Waals surface area contributed by atoms with Gasteiger partial charge < -0.3 is 24.9 Å². The Hall–Kier alpha value is -5.98. The number of aromatic amines is 2. The molecule has 8 rings (SSSR count). The summed E-state index contributed by atoms with van der Waals surface area (Å²) in [6.45, 7) is 7.81. The van der Waals surface area contributed by atoms with Crippen molar-refractivity contribution in [2.24, 2.45) is 11.8 Å². The number of amides is 4. The molecule has 0 aliphatic heterocycles. The molecule has 2 aromatic heterocycles. The van der Waals surface area contributed by atoms with E-state index in [-0.39, 0.29) is 66.1 Å². The lowest BCUT2D eigenvalue weighted by atomic mass is 9.77. The monoisotopic (exact) mass is 840 g/mol. The van der Waals surface area contributed by atoms with Crippen LogP contribution in [0.4, 0.5) is 4.79 Å². The standard InChI is InChI=1S/C49H60N8O5/c1-29(2)56(28-44(58)52-37-22-23-37)47(59)40-12-8-6-10-38(40)45-50-26-42(53-45)32-16-14-31(15-17-32)33-18-19-35-25-36(21-20-34(35)24-33)43-27-51-46(54-43)39-11-7-9-13-41(39)48(60)57(30(3)4)55-49(61)62-5/h14-21,24-27,29-30,37-41H,6-13,22-23,28H2,1-5H3,(H,50,53)(H,51,54)(H,52,58)(H,55,61)/t38?,39?,40-,41+/m0/s1. The number of hydrazine groups is 1. The van der Waals surface area contributed by atoms with Crippen LogP contribution in [0.2, 0.25) is 0 Å². The van der Waals surface area contributed by atoms with Crippen molar-refractivity contribution in [1.82, 2.24) is 40.6 Å². The summed E-state index contributed by atoms with van der Waals surface area (Å²) in [6.07, 6.45) is 12.3. The van der Waals surface area contributed by atoms with Crippen molar-refractivity contribution in [3.8, 4) is 33.6 Å². The first-order chi connectivity index (χ1) is 30.0. The van der Waals surface area contributed by atoms with Crippen LogP contribution in [0.1, 0.15) is 115 Å². The SMILES string of the molecule is COC(=O)NN(C(=O)[C@@H]1CCCCC1c1ncc(-c2ccc3cc(-c4ccc(-c5cnc(C6CCCC[C@@H]6C(=O)N(CC(=O)NC6CC6)C(C)C)[nH]5)cc4)ccc3c2)[nH]1)C(C)C. The van der Waals surface area contributed by atoms with E-state index in [4.69, 9.17) is 14.7 Å². The number of hydrogen-bond donors (Lipinski definition) is 4. The molecule has 326 valence electrons. The topological polar surface area (TPSA) is 165 Å². The zero-order chi connectivity index (χ0) is 43.5. The van der Waals surface area contributed by atoms with Crippen LogP contribution in [-0.4, -0.2) is 85.4 Å². The second-order valence-electron chi connectivity index (χ2n) is 18.0. The largest absolute Gasteiger partial charge is 0.452 e. The van der Waals surface area contributed by atoms with Gasteiger partial charge in [-0.2, -0.15) is 0 Å². The molecule has 2 unspecified atom stereocenters. The summed E-state index contributed by atoms with van der Waals surface area (Å²) in [5, 5.41) is 6.65. The normalized spacial score (nSPS) is 20.2. The average Bonchev–Trinajstić information content (AvgIpc) is 3.72. The second-order valence-corrected chi connectivity index (χ2v) is 18.0. The smallest absolute Gasteiger partial charge is 0.425 e. The summed E-state index contributed by atoms with van der Waals surface area (Å²) in [5.41, 5.74) is 8.66. The number of hydrogen-bond acceptors (Lipinski definition) is 7. The molecule has 4 amide bonds. The van der Waals surface area contributed by atoms with Crippen molar-refractivity contribution in [2.75, 3.05) is 13.7 Å². The number of methoxy groups -OCH3 is 1. The number of benzene rings is 3. The van der Waals surface area contributed by atoms with Gasteiger partial charge in [-0.25, -0.2) is 25.2 Å². The molecule has 0 saturated heterocycles. The van der Waals surface area contributed by atoms with E-state index >= 15 is 0 Å². The highest BCUT2D eigenvalue weighted by atomic mass is 16.5. The summed E-state index contributed by atoms with van der Waals surface area (Å²) in [6, 6.07) is 21.3. The number of carbonyl (C=O) groups is 4. The van der Waals surface area contributed by atoms with Crippen molar-refractivity contribution in [3.63, 3.8) is 0 Å². The van der Waals surface area contributed by atoms with Gasteiger partial charge in [-0.05, 0) is 106 Å². The number of imidazole rings is 2. The lowest BCUT2D eigenvalue weighted by Crippen LogP contribution is -2.53. The fraction of sp³-hybridized carbons (Fsp3) is 0.469. The lowest BCUT2D eigenvalue weighted by Gasteiger charge is -2.35. The quantitative estimate of drug-likeness (QED) is 0.0912. The summed E-state index contributed by atoms with van der Waals surface area (Å²) < 4.78 is 4.78. The molecular weight excluding hydrogens is 781 g/mol. The van der Waals surface area contributed by atoms with Gasteiger partial charge in [-0.15, -0.1) is 0 Å². The molecule has 62 heavy (non-hydrogen) atoms. The van der Waals surface area contributed by atoms with Gasteiger partial charge in [-0.1, -0.05) is 74.2 Å². The van der Waals surface area contributed by atoms with Crippen LogP contribution in [0, 0.1) is 11.8 Å². The van der Waals surface area contributed by atoms with Crippen LogP contribution in [-0.2, 0) is 19.1 Å². The highest BCUT2D eigenvalue weighted by Gasteiger charge is 2.39. The van der Waals surface area contributed by atoms with Gasteiger partial charge in [-0.3, -0.25) is 14.4 Å². The first-order valence-corrected chi connectivity index (χ1v) is 22.5. The Morgan fingerprint density at radius 1 is 0.661 bits per heavy atom. The van der Waals surface area contributed by atoms with Gasteiger partial charge in [0.25, 0.3) is 0 Å². The van der Waals surface area contributed by atoms with E-state index in [1.807, 2.05) is 40.1 Å². The Balaban J connectivity index is 0.938. The number of H-pyrrole nitrogens is 2. The Bertz CT molecular complexity index is 2400. The minimum Gasteiger partial charge on any atom is -0.452 e. The Kier molecular flexibility index (Phi) is 12.8. The average molecular weight is 841 g/mol. The molecule has 2 heterocycles. The minimum atomic E-state index is -0.664. The van der Waals surface area contributed by atoms with E-state index in [0.717, 1.165) is 120 Å². The van der Waals surface area contributed by atoms with Gasteiger partial charge >= 0.3 is 6.09 Å². The maximum atomic E-state index is 14.0. The first kappa shape index (κ1) is 42.7. The number of nitrogens with one attached hydrogen (secondary N) is 4. The molecule has 0 spiro atoms. The predicted octanol–water partition coefficient (Wildman–Crippen LogP) is 8.86. The van der Waals surface area contributed by atoms with Gasteiger partial charge in [0.05, 0.1) is 37.4 Å². The molecule has 5 aromatic rings. The summed E-state index contributed by atoms with van der Waals surface area (Å²) >= 11 is 0. The maximum absolute atomic E-state index is 14.0. The number of aromatic nitrogens is 4. The van der Waals surface area contributed by atoms with E-state index in [1.165, 1.54) is 12.1 Å². The van der Waals surface area contributed by atoms with Crippen LogP contribution in [0.5, 0.6) is 0 Å². The summed E-state index contributed by atoms with van der Waals surface area (Å²) in [5.74, 6) is 0.838. The lowest BCUT2D eigenvalue weighted by molar-refractivity contribution is -0.143. The molecule has 0 radical (unpaired) electrons. The highest BCUT2D eigenvalue weighted by molar-refractivity contribution is 5.91. The number of fused-ring (bicyclic) bond motifs is 1. The van der Waals surface area contributed by atoms with Crippen molar-refractivity contribution in [3.05, 3.63) is 84.7 Å². The summed E-state index contributed by atoms with van der Waals surface area (Å²) in [7, 11) is 1.29. The van der Waals surface area contributed by atoms with Crippen LogP contribution in [0.3, 0.4) is 0 Å². The molecule has 13 heteroatoms. The van der Waals surface area contributed by atoms with Gasteiger partial charge in [0.2, 0.25) is 17.7 Å². The summed E-state index contributed by atoms with van der Waals surface area (Å²) in [4.78, 5) is 71.0. The van der Waals surface area contributed by atoms with Crippen LogP contribution in [0.15, 0.2) is 73.1 Å². The molecule has 3 aliphatic rings. The molecular formula is C49H60N8O5. The van der Waals surface area contributed by atoms with E-state index in [2.05, 4.69) is 81.4 Å². The van der Waals surface area contributed by atoms with Crippen molar-refractivity contribution >= 4 is 34.6 Å². The molecule has 4 atom stereocenters. The van der Waals surface area contributed by atoms with Crippen molar-refractivity contribution in [2.45, 2.75) is 122 Å². The highest BCUT2D eigenvalue weighted by Crippen LogP contribution is 2.40. The second kappa shape index (κ2) is 18.6. The van der Waals surface area contributed by atoms with E-state index < -0.39 is 6.09 Å². The van der Waals surface area contributed by atoms with E-state index in [9.17, 15) is 19.2 Å². The third-order valence-corrected chi connectivity index (χ3v) is 13.1. The molecule has 3 fully saturated rings. The zero-order valence-electron chi connectivity index (χ0n) is 36.6. The third kappa shape index (κ3) is 9.41. The van der Waals surface area contributed by atoms with Gasteiger partial charge in [0.15, 0.2) is 0 Å². The Morgan fingerprint density at radius 2 is 1.18 bits per heavy atom. The fourth-order valence-corrected chi connectivity index (χ4v) is 9.43. The van der Waals surface area contributed by atoms with Crippen LogP contribution < -0.4 is 10.7 Å². The third-order valence-electron chi connectivity index (χ3n) is 13.1. The molecule has 13 nitrogen and oxygen atoms in total. The predicted molar refractivity (Wildman–Crippen MR) is 239 cm³/mol.